The van der Waals surface area contributed by atoms with E-state index in [1.165, 1.54) is 23.7 Å². The number of amides is 1. The summed E-state index contributed by atoms with van der Waals surface area (Å²) in [5.41, 5.74) is 0.825. The highest BCUT2D eigenvalue weighted by Gasteiger charge is 2.15. The number of nitrogens with one attached hydrogen (secondary N) is 2. The Hall–Kier alpha value is -2.87. The van der Waals surface area contributed by atoms with Crippen molar-refractivity contribution in [3.8, 4) is 11.5 Å². The molecule has 4 rings (SSSR count). The maximum Gasteiger partial charge on any atom is 0.263 e. The minimum Gasteiger partial charge on any atom is -0.463 e. The Kier molecular flexibility index (Phi) is 5.53. The number of nitrogens with zero attached hydrogens (tertiary/aromatic N) is 1. The van der Waals surface area contributed by atoms with E-state index in [-0.39, 0.29) is 5.56 Å². The molecule has 3 aromatic heterocycles. The molecule has 2 N–H and O–H groups in total. The Balaban J connectivity index is 1.48. The van der Waals surface area contributed by atoms with Gasteiger partial charge in [-0.1, -0.05) is 23.2 Å². The molecule has 6 nitrogen and oxygen atoms in total. The highest BCUT2D eigenvalue weighted by Crippen LogP contribution is 2.27. The minimum absolute atomic E-state index is 0.0186. The molecule has 0 aliphatic heterocycles. The second-order valence-electron chi connectivity index (χ2n) is 6.09. The number of aromatic amines is 1. The number of carbonyl (C=O) groups excluding carboxylic acids is 1. The Morgan fingerprint density at radius 1 is 1.21 bits per heavy atom. The Morgan fingerprint density at radius 3 is 2.83 bits per heavy atom. The number of anilines is 1. The van der Waals surface area contributed by atoms with E-state index >= 15 is 0 Å². The molecule has 3 heterocycles. The molecule has 0 saturated carbocycles. The van der Waals surface area contributed by atoms with Gasteiger partial charge in [0.1, 0.15) is 11.3 Å². The van der Waals surface area contributed by atoms with Crippen LogP contribution in [-0.4, -0.2) is 15.9 Å². The zero-order valence-corrected chi connectivity index (χ0v) is 17.1. The average molecular weight is 446 g/mol. The van der Waals surface area contributed by atoms with E-state index in [4.69, 9.17) is 27.6 Å². The number of carbonyl (C=O) groups is 1. The van der Waals surface area contributed by atoms with Crippen LogP contribution in [0.15, 0.2) is 64.1 Å². The van der Waals surface area contributed by atoms with Gasteiger partial charge in [-0.05, 0) is 48.0 Å². The van der Waals surface area contributed by atoms with E-state index in [0.29, 0.717) is 33.1 Å². The Labute approximate surface area is 179 Å². The number of thiazole rings is 1. The molecule has 9 heteroatoms. The van der Waals surface area contributed by atoms with E-state index in [1.54, 1.807) is 42.6 Å². The van der Waals surface area contributed by atoms with Gasteiger partial charge in [-0.3, -0.25) is 14.9 Å². The van der Waals surface area contributed by atoms with Crippen molar-refractivity contribution in [1.82, 2.24) is 9.97 Å². The zero-order chi connectivity index (χ0) is 20.4. The van der Waals surface area contributed by atoms with Crippen LogP contribution in [0.3, 0.4) is 0 Å². The lowest BCUT2D eigenvalue weighted by Gasteiger charge is -2.03. The summed E-state index contributed by atoms with van der Waals surface area (Å²) >= 11 is 13.5. The number of H-pyrrole nitrogens is 1. The van der Waals surface area contributed by atoms with Crippen molar-refractivity contribution in [2.75, 3.05) is 5.32 Å². The van der Waals surface area contributed by atoms with Crippen molar-refractivity contribution in [2.45, 2.75) is 6.42 Å². The second-order valence-corrected chi connectivity index (χ2v) is 8.05. The van der Waals surface area contributed by atoms with Crippen molar-refractivity contribution in [3.63, 3.8) is 0 Å². The van der Waals surface area contributed by atoms with Crippen LogP contribution in [-0.2, 0) is 6.42 Å². The summed E-state index contributed by atoms with van der Waals surface area (Å²) < 4.78 is 5.24. The first-order chi connectivity index (χ1) is 14.0. The van der Waals surface area contributed by atoms with Gasteiger partial charge in [0, 0.05) is 27.5 Å². The molecule has 0 aliphatic rings. The zero-order valence-electron chi connectivity index (χ0n) is 14.7. The number of pyridine rings is 1. The topological polar surface area (TPSA) is 88.0 Å². The first-order valence-electron chi connectivity index (χ1n) is 8.47. The van der Waals surface area contributed by atoms with Gasteiger partial charge in [-0.2, -0.15) is 0 Å². The molecule has 4 aromatic rings. The highest BCUT2D eigenvalue weighted by molar-refractivity contribution is 7.15. The fourth-order valence-corrected chi connectivity index (χ4v) is 3.92. The average Bonchev–Trinajstić information content (AvgIpc) is 3.37. The molecule has 0 unspecified atom stereocenters. The van der Waals surface area contributed by atoms with Crippen LogP contribution in [0.1, 0.15) is 20.8 Å². The van der Waals surface area contributed by atoms with Gasteiger partial charge < -0.3 is 9.40 Å². The number of hydrogen-bond donors (Lipinski definition) is 2. The van der Waals surface area contributed by atoms with Gasteiger partial charge in [0.2, 0.25) is 0 Å². The molecule has 0 radical (unpaired) electrons. The predicted octanol–water partition coefficient (Wildman–Crippen LogP) is 5.24. The van der Waals surface area contributed by atoms with Gasteiger partial charge in [-0.15, -0.1) is 11.3 Å². The first-order valence-corrected chi connectivity index (χ1v) is 10.0. The summed E-state index contributed by atoms with van der Waals surface area (Å²) in [4.78, 5) is 32.5. The van der Waals surface area contributed by atoms with Crippen LogP contribution in [0.2, 0.25) is 10.0 Å². The quantitative estimate of drug-likeness (QED) is 0.439. The lowest BCUT2D eigenvalue weighted by molar-refractivity contribution is 0.102. The largest absolute Gasteiger partial charge is 0.463 e. The van der Waals surface area contributed by atoms with Crippen LogP contribution in [0, 0.1) is 0 Å². The lowest BCUT2D eigenvalue weighted by atomic mass is 10.1. The molecule has 0 fully saturated rings. The maximum atomic E-state index is 12.5. The maximum absolute atomic E-state index is 12.5. The normalized spacial score (nSPS) is 10.8. The highest BCUT2D eigenvalue weighted by atomic mass is 35.5. The molecule has 29 heavy (non-hydrogen) atoms. The van der Waals surface area contributed by atoms with E-state index in [1.807, 2.05) is 0 Å². The van der Waals surface area contributed by atoms with Gasteiger partial charge in [0.25, 0.3) is 11.5 Å². The van der Waals surface area contributed by atoms with Crippen LogP contribution in [0.4, 0.5) is 5.13 Å². The lowest BCUT2D eigenvalue weighted by Crippen LogP contribution is -2.23. The van der Waals surface area contributed by atoms with Crippen LogP contribution < -0.4 is 10.9 Å². The summed E-state index contributed by atoms with van der Waals surface area (Å²) in [6.07, 6.45) is 3.69. The molecular weight excluding hydrogens is 433 g/mol. The third kappa shape index (κ3) is 4.42. The first kappa shape index (κ1) is 19.4. The van der Waals surface area contributed by atoms with Gasteiger partial charge in [0.05, 0.1) is 12.0 Å². The molecule has 146 valence electrons. The van der Waals surface area contributed by atoms with E-state index in [2.05, 4.69) is 15.3 Å². The summed E-state index contributed by atoms with van der Waals surface area (Å²) in [5.74, 6) is -0.0303. The van der Waals surface area contributed by atoms with Gasteiger partial charge in [-0.25, -0.2) is 4.98 Å². The number of benzene rings is 1. The Bertz CT molecular complexity index is 1230. The smallest absolute Gasteiger partial charge is 0.263 e. The fourth-order valence-electron chi connectivity index (χ4n) is 2.71. The summed E-state index contributed by atoms with van der Waals surface area (Å²) in [6, 6.07) is 11.7. The molecule has 1 aromatic carbocycles. The van der Waals surface area contributed by atoms with E-state index in [0.717, 1.165) is 10.4 Å². The van der Waals surface area contributed by atoms with Crippen LogP contribution in [0.5, 0.6) is 0 Å². The number of aromatic nitrogens is 2. The molecule has 0 aliphatic carbocycles. The summed E-state index contributed by atoms with van der Waals surface area (Å²) in [5, 5.41) is 4.24. The summed E-state index contributed by atoms with van der Waals surface area (Å²) in [6.45, 7) is 0. The van der Waals surface area contributed by atoms with Crippen molar-refractivity contribution in [2.24, 2.45) is 0 Å². The third-order valence-electron chi connectivity index (χ3n) is 4.09. The molecule has 0 bridgehead atoms. The number of rotatable bonds is 5. The van der Waals surface area contributed by atoms with E-state index in [9.17, 15) is 9.59 Å². The van der Waals surface area contributed by atoms with E-state index < -0.39 is 11.5 Å². The van der Waals surface area contributed by atoms with Crippen molar-refractivity contribution in [3.05, 3.63) is 91.3 Å². The minimum atomic E-state index is -0.543. The monoisotopic (exact) mass is 445 g/mol. The van der Waals surface area contributed by atoms with Crippen LogP contribution >= 0.6 is 34.5 Å². The number of furan rings is 1. The second kappa shape index (κ2) is 8.24. The van der Waals surface area contributed by atoms with Crippen molar-refractivity contribution < 1.29 is 9.21 Å². The Morgan fingerprint density at radius 2 is 2.07 bits per heavy atom. The fraction of sp³-hybridized carbons (Fsp3) is 0.0500. The molecule has 0 spiro atoms. The SMILES string of the molecule is O=C(Nc1ncc(Cc2cc(Cl)ccc2Cl)s1)c1ccc(-c2ccco2)[nH]c1=O. The number of hydrogen-bond acceptors (Lipinski definition) is 5. The predicted molar refractivity (Wildman–Crippen MR) is 114 cm³/mol. The van der Waals surface area contributed by atoms with Crippen molar-refractivity contribution in [1.29, 1.82) is 0 Å². The van der Waals surface area contributed by atoms with Gasteiger partial charge >= 0.3 is 0 Å². The van der Waals surface area contributed by atoms with Crippen molar-refractivity contribution >= 4 is 45.6 Å². The molecule has 0 atom stereocenters. The summed E-state index contributed by atoms with van der Waals surface area (Å²) in [7, 11) is 0. The molecule has 1 amide bonds. The van der Waals surface area contributed by atoms with Crippen LogP contribution in [0.25, 0.3) is 11.5 Å². The molecular formula is C20H13Cl2N3O3S. The standard InChI is InChI=1S/C20H13Cl2N3O3S/c21-12-3-5-15(22)11(8-12)9-13-10-23-20(29-13)25-19(27)14-4-6-16(24-18(14)26)17-2-1-7-28-17/h1-8,10H,9H2,(H,24,26)(H,23,25,27). The van der Waals surface area contributed by atoms with Gasteiger partial charge in [0.15, 0.2) is 5.13 Å². The third-order valence-corrected chi connectivity index (χ3v) is 5.60. The molecule has 0 saturated heterocycles. The number of halogens is 2.